The molecule has 0 aromatic heterocycles. The molecule has 1 amide bonds. The van der Waals surface area contributed by atoms with Gasteiger partial charge in [-0.25, -0.2) is 0 Å². The van der Waals surface area contributed by atoms with Crippen LogP contribution in [0.1, 0.15) is 69.3 Å². The smallest absolute Gasteiger partial charge is 0.322 e. The van der Waals surface area contributed by atoms with Gasteiger partial charge in [0.05, 0.1) is 18.2 Å². The number of ether oxygens (including phenoxy) is 1. The molecular formula is C30H31Cl3N2O2. The van der Waals surface area contributed by atoms with E-state index in [2.05, 4.69) is 33.8 Å². The fourth-order valence-electron chi connectivity index (χ4n) is 4.97. The first-order valence-corrected chi connectivity index (χ1v) is 13.5. The van der Waals surface area contributed by atoms with Gasteiger partial charge in [-0.3, -0.25) is 14.7 Å². The van der Waals surface area contributed by atoms with Gasteiger partial charge in [-0.2, -0.15) is 0 Å². The molecule has 4 nitrogen and oxygen atoms in total. The summed E-state index contributed by atoms with van der Waals surface area (Å²) >= 11 is 18.8. The normalized spacial score (nSPS) is 19.6. The van der Waals surface area contributed by atoms with Crippen molar-refractivity contribution in [2.45, 2.75) is 58.0 Å². The Morgan fingerprint density at radius 3 is 2.08 bits per heavy atom. The van der Waals surface area contributed by atoms with Gasteiger partial charge in [-0.15, -0.1) is 0 Å². The van der Waals surface area contributed by atoms with Gasteiger partial charge in [-0.05, 0) is 83.4 Å². The van der Waals surface area contributed by atoms with E-state index in [0.717, 1.165) is 16.7 Å². The zero-order valence-corrected chi connectivity index (χ0v) is 24.0. The molecule has 194 valence electrons. The maximum Gasteiger partial charge on any atom is 0.322 e. The van der Waals surface area contributed by atoms with Crippen LogP contribution in [-0.4, -0.2) is 22.7 Å². The highest BCUT2D eigenvalue weighted by atomic mass is 35.5. The average Bonchev–Trinajstić information content (AvgIpc) is 3.21. The zero-order valence-electron chi connectivity index (χ0n) is 21.7. The van der Waals surface area contributed by atoms with Crippen LogP contribution in [0.4, 0.5) is 4.79 Å². The van der Waals surface area contributed by atoms with Crippen LogP contribution in [0.5, 0.6) is 5.75 Å². The average molecular weight is 558 g/mol. The van der Waals surface area contributed by atoms with E-state index in [4.69, 9.17) is 44.5 Å². The number of hydrogen-bond donors (Lipinski definition) is 0. The minimum absolute atomic E-state index is 0.0772. The number of amidine groups is 1. The minimum atomic E-state index is -0.815. The Morgan fingerprint density at radius 1 is 0.973 bits per heavy atom. The summed E-state index contributed by atoms with van der Waals surface area (Å²) < 4.78 is 6.10. The third kappa shape index (κ3) is 5.25. The second kappa shape index (κ2) is 10.7. The van der Waals surface area contributed by atoms with Gasteiger partial charge in [0.1, 0.15) is 17.1 Å². The lowest BCUT2D eigenvalue weighted by Gasteiger charge is -2.36. The standard InChI is InChI=1S/C30H31Cl3N2O2/c1-6-30(20-10-15-23(32)16-11-20)26(19-8-13-22(31)14-9-19)35(28(33)36)27(34-30)24-17-12-21(29(3,4)5)18-25(24)37-7-2/h8-18,26H,6-7H2,1-5H3. The van der Waals surface area contributed by atoms with E-state index in [1.165, 1.54) is 0 Å². The quantitative estimate of drug-likeness (QED) is 0.224. The van der Waals surface area contributed by atoms with Gasteiger partial charge in [0.2, 0.25) is 0 Å². The predicted octanol–water partition coefficient (Wildman–Crippen LogP) is 9.16. The first-order chi connectivity index (χ1) is 17.5. The third-order valence-corrected chi connectivity index (χ3v) is 7.58. The molecule has 0 N–H and O–H groups in total. The van der Waals surface area contributed by atoms with Crippen LogP contribution in [0.2, 0.25) is 10.0 Å². The Hall–Kier alpha value is -2.53. The number of rotatable bonds is 6. The number of hydrogen-bond acceptors (Lipinski definition) is 3. The number of carbonyl (C=O) groups is 1. The number of nitrogens with zero attached hydrogens (tertiary/aromatic N) is 2. The molecule has 1 heterocycles. The molecule has 0 fully saturated rings. The SMILES string of the molecule is CCOc1cc(C(C)(C)C)ccc1C1=NC(CC)(c2ccc(Cl)cc2)C(c2ccc(Cl)cc2)N1C(=O)Cl. The lowest BCUT2D eigenvalue weighted by molar-refractivity contribution is 0.211. The largest absolute Gasteiger partial charge is 0.493 e. The van der Waals surface area contributed by atoms with Crippen molar-refractivity contribution in [3.05, 3.63) is 99.0 Å². The summed E-state index contributed by atoms with van der Waals surface area (Å²) in [6.07, 6.45) is 0.607. The number of amides is 1. The number of halogens is 3. The molecule has 2 unspecified atom stereocenters. The Morgan fingerprint density at radius 2 is 1.57 bits per heavy atom. The van der Waals surface area contributed by atoms with Gasteiger partial charge in [0.25, 0.3) is 0 Å². The molecule has 3 aromatic rings. The summed E-state index contributed by atoms with van der Waals surface area (Å²) in [6.45, 7) is 10.9. The predicted molar refractivity (Wildman–Crippen MR) is 154 cm³/mol. The fraction of sp³-hybridized carbons (Fsp3) is 0.333. The maximum atomic E-state index is 13.2. The molecule has 0 saturated carbocycles. The van der Waals surface area contributed by atoms with Crippen molar-refractivity contribution < 1.29 is 9.53 Å². The molecule has 0 bridgehead atoms. The molecule has 4 rings (SSSR count). The van der Waals surface area contributed by atoms with Crippen molar-refractivity contribution in [3.8, 4) is 5.75 Å². The first kappa shape index (κ1) is 27.5. The second-order valence-electron chi connectivity index (χ2n) is 10.2. The zero-order chi connectivity index (χ0) is 27.0. The molecule has 0 radical (unpaired) electrons. The van der Waals surface area contributed by atoms with E-state index >= 15 is 0 Å². The van der Waals surface area contributed by atoms with Gasteiger partial charge in [-0.1, -0.05) is 81.2 Å². The number of aliphatic imine (C=N–C) groups is 1. The van der Waals surface area contributed by atoms with E-state index in [9.17, 15) is 4.79 Å². The van der Waals surface area contributed by atoms with Crippen molar-refractivity contribution in [1.29, 1.82) is 0 Å². The van der Waals surface area contributed by atoms with Crippen molar-refractivity contribution in [2.75, 3.05) is 6.61 Å². The van der Waals surface area contributed by atoms with Crippen LogP contribution in [0.15, 0.2) is 71.7 Å². The Labute approximate surface area is 234 Å². The molecule has 1 aliphatic heterocycles. The molecule has 0 saturated heterocycles. The lowest BCUT2D eigenvalue weighted by atomic mass is 9.78. The first-order valence-electron chi connectivity index (χ1n) is 12.4. The topological polar surface area (TPSA) is 41.9 Å². The highest BCUT2D eigenvalue weighted by molar-refractivity contribution is 6.64. The van der Waals surface area contributed by atoms with Gasteiger partial charge < -0.3 is 4.74 Å². The van der Waals surface area contributed by atoms with E-state index in [-0.39, 0.29) is 5.41 Å². The molecule has 1 aliphatic rings. The van der Waals surface area contributed by atoms with Crippen molar-refractivity contribution >= 4 is 46.0 Å². The highest BCUT2D eigenvalue weighted by Gasteiger charge is 2.52. The number of carbonyl (C=O) groups excluding carboxylic acids is 1. The molecule has 7 heteroatoms. The summed E-state index contributed by atoms with van der Waals surface area (Å²) in [6, 6.07) is 20.7. The van der Waals surface area contributed by atoms with E-state index in [1.807, 2.05) is 67.6 Å². The van der Waals surface area contributed by atoms with Crippen LogP contribution in [0.3, 0.4) is 0 Å². The minimum Gasteiger partial charge on any atom is -0.493 e. The van der Waals surface area contributed by atoms with Crippen LogP contribution >= 0.6 is 34.8 Å². The van der Waals surface area contributed by atoms with Gasteiger partial charge in [0, 0.05) is 10.0 Å². The molecule has 2 atom stereocenters. The molecule has 37 heavy (non-hydrogen) atoms. The van der Waals surface area contributed by atoms with Gasteiger partial charge in [0.15, 0.2) is 0 Å². The van der Waals surface area contributed by atoms with Crippen molar-refractivity contribution in [2.24, 2.45) is 4.99 Å². The monoisotopic (exact) mass is 556 g/mol. The second-order valence-corrected chi connectivity index (χ2v) is 11.4. The maximum absolute atomic E-state index is 13.2. The third-order valence-electron chi connectivity index (χ3n) is 6.89. The van der Waals surface area contributed by atoms with Crippen LogP contribution in [0, 0.1) is 0 Å². The summed E-state index contributed by atoms with van der Waals surface area (Å²) in [5.41, 5.74) is 2.75. The van der Waals surface area contributed by atoms with Crippen molar-refractivity contribution in [1.82, 2.24) is 4.90 Å². The van der Waals surface area contributed by atoms with Crippen LogP contribution < -0.4 is 4.74 Å². The lowest BCUT2D eigenvalue weighted by Crippen LogP contribution is -2.40. The van der Waals surface area contributed by atoms with Crippen molar-refractivity contribution in [3.63, 3.8) is 0 Å². The van der Waals surface area contributed by atoms with E-state index in [1.54, 1.807) is 4.90 Å². The Bertz CT molecular complexity index is 1310. The molecular weight excluding hydrogens is 527 g/mol. The molecule has 3 aromatic carbocycles. The fourth-order valence-corrected chi connectivity index (χ4v) is 5.40. The Balaban J connectivity index is 2.01. The summed E-state index contributed by atoms with van der Waals surface area (Å²) in [7, 11) is 0. The summed E-state index contributed by atoms with van der Waals surface area (Å²) in [5.74, 6) is 1.13. The summed E-state index contributed by atoms with van der Waals surface area (Å²) in [5, 5.41) is 0.615. The number of benzene rings is 3. The van der Waals surface area contributed by atoms with Crippen LogP contribution in [0.25, 0.3) is 0 Å². The van der Waals surface area contributed by atoms with Gasteiger partial charge >= 0.3 is 5.37 Å². The highest BCUT2D eigenvalue weighted by Crippen LogP contribution is 2.52. The van der Waals surface area contributed by atoms with E-state index < -0.39 is 16.9 Å². The van der Waals surface area contributed by atoms with E-state index in [0.29, 0.717) is 40.2 Å². The molecule has 0 aliphatic carbocycles. The molecule has 0 spiro atoms. The van der Waals surface area contributed by atoms with Crippen LogP contribution in [-0.2, 0) is 11.0 Å². The summed E-state index contributed by atoms with van der Waals surface area (Å²) in [4.78, 5) is 20.1. The Kier molecular flexibility index (Phi) is 7.94.